The number of nitrogens with one attached hydrogen (secondary N) is 1. The molecule has 0 aliphatic heterocycles. The molecule has 1 aromatic carbocycles. The number of anilines is 1. The minimum Gasteiger partial charge on any atom is -0.296 e. The van der Waals surface area contributed by atoms with Gasteiger partial charge in [0.15, 0.2) is 0 Å². The molecule has 0 unspecified atom stereocenters. The number of aryl methyl sites for hydroxylation is 2. The maximum Gasteiger partial charge on any atom is 0.268 e. The van der Waals surface area contributed by atoms with Crippen molar-refractivity contribution in [3.63, 3.8) is 0 Å². The summed E-state index contributed by atoms with van der Waals surface area (Å²) in [5, 5.41) is 13.9. The molecule has 0 radical (unpaired) electrons. The van der Waals surface area contributed by atoms with Crippen molar-refractivity contribution in [3.05, 3.63) is 51.2 Å². The van der Waals surface area contributed by atoms with E-state index in [2.05, 4.69) is 15.5 Å². The molecule has 106 valence electrons. The molecule has 0 spiro atoms. The number of benzene rings is 1. The fourth-order valence-corrected chi connectivity index (χ4v) is 3.34. The first kappa shape index (κ1) is 13.9. The Morgan fingerprint density at radius 1 is 1.10 bits per heavy atom. The smallest absolute Gasteiger partial charge is 0.268 e. The normalized spacial score (nSPS) is 10.6. The molecule has 21 heavy (non-hydrogen) atoms. The molecule has 3 aromatic rings. The van der Waals surface area contributed by atoms with Crippen LogP contribution in [0.15, 0.2) is 35.7 Å². The number of hydrogen-bond acceptors (Lipinski definition) is 5. The van der Waals surface area contributed by atoms with Crippen molar-refractivity contribution in [1.82, 2.24) is 10.2 Å². The molecule has 0 bridgehead atoms. The van der Waals surface area contributed by atoms with Gasteiger partial charge in [-0.05, 0) is 30.9 Å². The first-order chi connectivity index (χ1) is 10.1. The van der Waals surface area contributed by atoms with E-state index in [1.54, 1.807) is 0 Å². The fraction of sp³-hybridized carbons (Fsp3) is 0.133. The van der Waals surface area contributed by atoms with Gasteiger partial charge in [-0.25, -0.2) is 0 Å². The largest absolute Gasteiger partial charge is 0.296 e. The van der Waals surface area contributed by atoms with Crippen LogP contribution in [0.25, 0.3) is 11.1 Å². The van der Waals surface area contributed by atoms with Crippen LogP contribution in [0, 0.1) is 13.8 Å². The Balaban J connectivity index is 1.88. The number of nitrogens with zero attached hydrogens (tertiary/aromatic N) is 2. The van der Waals surface area contributed by atoms with Crippen molar-refractivity contribution in [2.75, 3.05) is 5.32 Å². The summed E-state index contributed by atoms with van der Waals surface area (Å²) >= 11 is 2.79. The van der Waals surface area contributed by atoms with E-state index in [1.165, 1.54) is 28.2 Å². The minimum absolute atomic E-state index is 0.142. The first-order valence-corrected chi connectivity index (χ1v) is 8.09. The first-order valence-electron chi connectivity index (χ1n) is 6.39. The van der Waals surface area contributed by atoms with Crippen molar-refractivity contribution in [1.29, 1.82) is 0 Å². The molecule has 6 heteroatoms. The van der Waals surface area contributed by atoms with Crippen LogP contribution in [0.1, 0.15) is 20.2 Å². The Hall–Kier alpha value is -2.05. The monoisotopic (exact) mass is 315 g/mol. The van der Waals surface area contributed by atoms with Gasteiger partial charge in [-0.3, -0.25) is 10.1 Å². The second-order valence-corrected chi connectivity index (χ2v) is 6.71. The van der Waals surface area contributed by atoms with Gasteiger partial charge in [0.1, 0.15) is 9.88 Å². The van der Waals surface area contributed by atoms with E-state index in [1.807, 2.05) is 49.6 Å². The quantitative estimate of drug-likeness (QED) is 0.790. The molecule has 0 aliphatic rings. The SMILES string of the molecule is Cc1ccc(-c2ccsc2C(=O)Nc2nnc(C)s2)cc1. The summed E-state index contributed by atoms with van der Waals surface area (Å²) in [5.74, 6) is -0.142. The van der Waals surface area contributed by atoms with Gasteiger partial charge in [0, 0.05) is 5.56 Å². The third-order valence-corrected chi connectivity index (χ3v) is 4.65. The maximum absolute atomic E-state index is 12.4. The number of carbonyl (C=O) groups is 1. The lowest BCUT2D eigenvalue weighted by Gasteiger charge is -2.04. The third-order valence-electron chi connectivity index (χ3n) is 2.98. The van der Waals surface area contributed by atoms with Crippen LogP contribution >= 0.6 is 22.7 Å². The van der Waals surface area contributed by atoms with Gasteiger partial charge < -0.3 is 0 Å². The van der Waals surface area contributed by atoms with Crippen LogP contribution in [0.2, 0.25) is 0 Å². The van der Waals surface area contributed by atoms with Crippen molar-refractivity contribution in [2.24, 2.45) is 0 Å². The van der Waals surface area contributed by atoms with E-state index < -0.39 is 0 Å². The zero-order valence-corrected chi connectivity index (χ0v) is 13.2. The fourth-order valence-electron chi connectivity index (χ4n) is 1.95. The van der Waals surface area contributed by atoms with Crippen molar-refractivity contribution in [3.8, 4) is 11.1 Å². The highest BCUT2D eigenvalue weighted by Gasteiger charge is 2.16. The highest BCUT2D eigenvalue weighted by molar-refractivity contribution is 7.15. The predicted molar refractivity (Wildman–Crippen MR) is 87.1 cm³/mol. The molecular formula is C15H13N3OS2. The molecule has 0 saturated heterocycles. The summed E-state index contributed by atoms with van der Waals surface area (Å²) < 4.78 is 0. The average Bonchev–Trinajstić information content (AvgIpc) is 3.09. The molecule has 0 fully saturated rings. The Morgan fingerprint density at radius 3 is 2.52 bits per heavy atom. The van der Waals surface area contributed by atoms with Gasteiger partial charge in [0.2, 0.25) is 5.13 Å². The Bertz CT molecular complexity index is 774. The van der Waals surface area contributed by atoms with Crippen LogP contribution in [-0.4, -0.2) is 16.1 Å². The molecular weight excluding hydrogens is 302 g/mol. The molecule has 4 nitrogen and oxygen atoms in total. The van der Waals surface area contributed by atoms with Crippen LogP contribution in [0.5, 0.6) is 0 Å². The van der Waals surface area contributed by atoms with Gasteiger partial charge >= 0.3 is 0 Å². The summed E-state index contributed by atoms with van der Waals surface area (Å²) in [5.41, 5.74) is 3.18. The molecule has 0 saturated carbocycles. The number of aromatic nitrogens is 2. The predicted octanol–water partition coefficient (Wildman–Crippen LogP) is 4.14. The number of rotatable bonds is 3. The summed E-state index contributed by atoms with van der Waals surface area (Å²) in [6.07, 6.45) is 0. The standard InChI is InChI=1S/C15H13N3OS2/c1-9-3-5-11(6-4-9)12-7-8-20-13(12)14(19)16-15-18-17-10(2)21-15/h3-8H,1-2H3,(H,16,18,19). The third kappa shape index (κ3) is 3.01. The van der Waals surface area contributed by atoms with E-state index in [4.69, 9.17) is 0 Å². The van der Waals surface area contributed by atoms with Gasteiger partial charge in [-0.2, -0.15) is 0 Å². The van der Waals surface area contributed by atoms with Gasteiger partial charge in [0.25, 0.3) is 5.91 Å². The molecule has 0 aliphatic carbocycles. The van der Waals surface area contributed by atoms with Crippen LogP contribution < -0.4 is 5.32 Å². The molecule has 3 rings (SSSR count). The van der Waals surface area contributed by atoms with E-state index in [9.17, 15) is 4.79 Å². The summed E-state index contributed by atoms with van der Waals surface area (Å²) in [4.78, 5) is 13.1. The minimum atomic E-state index is -0.142. The Kier molecular flexibility index (Phi) is 3.81. The van der Waals surface area contributed by atoms with Crippen molar-refractivity contribution < 1.29 is 4.79 Å². The molecule has 1 amide bonds. The van der Waals surface area contributed by atoms with E-state index >= 15 is 0 Å². The second kappa shape index (κ2) is 5.75. The molecule has 0 atom stereocenters. The number of thiophene rings is 1. The summed E-state index contributed by atoms with van der Waals surface area (Å²) in [6, 6.07) is 10.1. The molecule has 1 N–H and O–H groups in total. The summed E-state index contributed by atoms with van der Waals surface area (Å²) in [7, 11) is 0. The van der Waals surface area contributed by atoms with Gasteiger partial charge in [-0.15, -0.1) is 21.5 Å². The Labute approximate surface area is 130 Å². The Morgan fingerprint density at radius 2 is 1.86 bits per heavy atom. The van der Waals surface area contributed by atoms with Crippen LogP contribution in [0.3, 0.4) is 0 Å². The molecule has 2 heterocycles. The lowest BCUT2D eigenvalue weighted by Crippen LogP contribution is -2.11. The van der Waals surface area contributed by atoms with Crippen LogP contribution in [0.4, 0.5) is 5.13 Å². The highest BCUT2D eigenvalue weighted by atomic mass is 32.1. The highest BCUT2D eigenvalue weighted by Crippen LogP contribution is 2.29. The lowest BCUT2D eigenvalue weighted by atomic mass is 10.0. The lowest BCUT2D eigenvalue weighted by molar-refractivity contribution is 0.103. The van der Waals surface area contributed by atoms with E-state index in [-0.39, 0.29) is 5.91 Å². The van der Waals surface area contributed by atoms with E-state index in [0.717, 1.165) is 16.1 Å². The van der Waals surface area contributed by atoms with Crippen molar-refractivity contribution in [2.45, 2.75) is 13.8 Å². The topological polar surface area (TPSA) is 54.9 Å². The number of carbonyl (C=O) groups excluding carboxylic acids is 1. The second-order valence-electron chi connectivity index (χ2n) is 4.61. The van der Waals surface area contributed by atoms with Crippen LogP contribution in [-0.2, 0) is 0 Å². The zero-order valence-electron chi connectivity index (χ0n) is 11.6. The summed E-state index contributed by atoms with van der Waals surface area (Å²) in [6.45, 7) is 3.90. The number of hydrogen-bond donors (Lipinski definition) is 1. The number of amides is 1. The van der Waals surface area contributed by atoms with Gasteiger partial charge in [-0.1, -0.05) is 41.2 Å². The average molecular weight is 315 g/mol. The zero-order chi connectivity index (χ0) is 14.8. The van der Waals surface area contributed by atoms with Gasteiger partial charge in [0.05, 0.1) is 0 Å². The van der Waals surface area contributed by atoms with Crippen molar-refractivity contribution >= 4 is 33.7 Å². The van der Waals surface area contributed by atoms with E-state index in [0.29, 0.717) is 10.0 Å². The molecule has 2 aromatic heterocycles. The maximum atomic E-state index is 12.4.